The monoisotopic (exact) mass is 586 g/mol. The zero-order valence-corrected chi connectivity index (χ0v) is 27.6. The fraction of sp³-hybridized carbons (Fsp3) is 0.545. The van der Waals surface area contributed by atoms with Crippen molar-refractivity contribution in [1.29, 1.82) is 0 Å². The Bertz CT molecular complexity index is 968. The molecule has 9 nitrogen and oxygen atoms in total. The number of aromatic nitrogens is 1. The maximum Gasteiger partial charge on any atom is 0.245 e. The van der Waals surface area contributed by atoms with E-state index in [0.717, 1.165) is 41.8 Å². The normalized spacial score (nSPS) is 15.0. The molecule has 0 bridgehead atoms. The van der Waals surface area contributed by atoms with E-state index in [9.17, 15) is 9.59 Å². The van der Waals surface area contributed by atoms with E-state index in [-0.39, 0.29) is 30.5 Å². The first-order valence-corrected chi connectivity index (χ1v) is 15.3. The molecule has 0 saturated carbocycles. The van der Waals surface area contributed by atoms with Gasteiger partial charge in [0.25, 0.3) is 0 Å². The topological polar surface area (TPSA) is 133 Å². The number of hydrogen-bond acceptors (Lipinski definition) is 7. The lowest BCUT2D eigenvalue weighted by Crippen LogP contribution is -2.49. The van der Waals surface area contributed by atoms with Crippen molar-refractivity contribution in [2.45, 2.75) is 100 Å². The molecule has 3 rings (SSSR count). The number of benzene rings is 1. The Morgan fingerprint density at radius 3 is 2.00 bits per heavy atom. The second-order valence-corrected chi connectivity index (χ2v) is 9.26. The average Bonchev–Trinajstić information content (AvgIpc) is 3.49. The summed E-state index contributed by atoms with van der Waals surface area (Å²) in [6, 6.07) is 11.4. The minimum Gasteiger partial charge on any atom is -0.394 e. The second kappa shape index (κ2) is 25.3. The SMILES string of the molecule is C/C(=C/NC(C(=O)N1CCCC1C)C(C)C)NN.CC.CC.CC.O=CNC(CO)c1ccc(-c2ccncc2)cc1. The van der Waals surface area contributed by atoms with Gasteiger partial charge in [0.15, 0.2) is 0 Å². The molecule has 6 N–H and O–H groups in total. The molecule has 2 aromatic rings. The molecule has 1 saturated heterocycles. The maximum atomic E-state index is 12.5. The van der Waals surface area contributed by atoms with Crippen LogP contribution in [0.5, 0.6) is 0 Å². The lowest BCUT2D eigenvalue weighted by Gasteiger charge is -2.29. The summed E-state index contributed by atoms with van der Waals surface area (Å²) in [4.78, 5) is 28.8. The summed E-state index contributed by atoms with van der Waals surface area (Å²) >= 11 is 0. The van der Waals surface area contributed by atoms with Gasteiger partial charge in [0.1, 0.15) is 6.04 Å². The van der Waals surface area contributed by atoms with Crippen LogP contribution in [0.3, 0.4) is 0 Å². The van der Waals surface area contributed by atoms with Gasteiger partial charge in [-0.1, -0.05) is 79.7 Å². The number of aliphatic hydroxyl groups is 1. The third kappa shape index (κ3) is 14.5. The largest absolute Gasteiger partial charge is 0.394 e. The highest BCUT2D eigenvalue weighted by Gasteiger charge is 2.31. The van der Waals surface area contributed by atoms with E-state index in [2.05, 4.69) is 41.8 Å². The third-order valence-corrected chi connectivity index (χ3v) is 6.25. The number of pyridine rings is 1. The van der Waals surface area contributed by atoms with E-state index in [4.69, 9.17) is 10.9 Å². The highest BCUT2D eigenvalue weighted by Crippen LogP contribution is 2.21. The lowest BCUT2D eigenvalue weighted by atomic mass is 10.0. The molecule has 3 unspecified atom stereocenters. The van der Waals surface area contributed by atoms with Gasteiger partial charge in [-0.2, -0.15) is 0 Å². The number of rotatable bonds is 10. The molecule has 3 atom stereocenters. The summed E-state index contributed by atoms with van der Waals surface area (Å²) in [6.07, 6.45) is 8.06. The molecule has 9 heteroatoms. The number of nitrogens with two attached hydrogens (primary N) is 1. The van der Waals surface area contributed by atoms with Crippen LogP contribution in [0.1, 0.15) is 93.7 Å². The summed E-state index contributed by atoms with van der Waals surface area (Å²) < 4.78 is 0. The van der Waals surface area contributed by atoms with Gasteiger partial charge in [-0.15, -0.1) is 0 Å². The zero-order chi connectivity index (χ0) is 32.5. The van der Waals surface area contributed by atoms with Crippen LogP contribution in [-0.2, 0) is 9.59 Å². The quantitative estimate of drug-likeness (QED) is 0.140. The Morgan fingerprint density at radius 2 is 1.57 bits per heavy atom. The fourth-order valence-corrected chi connectivity index (χ4v) is 4.03. The van der Waals surface area contributed by atoms with E-state index in [0.29, 0.717) is 12.5 Å². The van der Waals surface area contributed by atoms with Crippen molar-refractivity contribution in [2.24, 2.45) is 11.8 Å². The zero-order valence-electron chi connectivity index (χ0n) is 27.6. The minimum absolute atomic E-state index is 0.118. The summed E-state index contributed by atoms with van der Waals surface area (Å²) in [5.41, 5.74) is 6.39. The van der Waals surface area contributed by atoms with Crippen molar-refractivity contribution in [2.75, 3.05) is 13.2 Å². The minimum atomic E-state index is -0.353. The molecule has 0 spiro atoms. The van der Waals surface area contributed by atoms with Crippen LogP contribution in [0, 0.1) is 5.92 Å². The van der Waals surface area contributed by atoms with E-state index >= 15 is 0 Å². The van der Waals surface area contributed by atoms with Crippen molar-refractivity contribution >= 4 is 12.3 Å². The highest BCUT2D eigenvalue weighted by molar-refractivity contribution is 5.82. The summed E-state index contributed by atoms with van der Waals surface area (Å²) in [5, 5.41) is 14.9. The van der Waals surface area contributed by atoms with Crippen molar-refractivity contribution in [3.05, 3.63) is 66.3 Å². The number of hydrazine groups is 1. The van der Waals surface area contributed by atoms with Gasteiger partial charge in [-0.05, 0) is 61.4 Å². The first-order chi connectivity index (χ1) is 20.3. The van der Waals surface area contributed by atoms with E-state index < -0.39 is 0 Å². The predicted octanol–water partition coefficient (Wildman–Crippen LogP) is 5.54. The van der Waals surface area contributed by atoms with Crippen molar-refractivity contribution in [1.82, 2.24) is 25.9 Å². The van der Waals surface area contributed by atoms with Crippen LogP contribution in [-0.4, -0.2) is 52.5 Å². The molecule has 0 aliphatic carbocycles. The molecular weight excluding hydrogens is 528 g/mol. The number of aliphatic hydroxyl groups excluding tert-OH is 1. The van der Waals surface area contributed by atoms with Crippen LogP contribution in [0.2, 0.25) is 0 Å². The lowest BCUT2D eigenvalue weighted by molar-refractivity contribution is -0.134. The van der Waals surface area contributed by atoms with Gasteiger partial charge < -0.3 is 26.1 Å². The first-order valence-electron chi connectivity index (χ1n) is 15.3. The molecule has 0 radical (unpaired) electrons. The molecular formula is C33H58N6O3. The van der Waals surface area contributed by atoms with Crippen LogP contribution in [0.25, 0.3) is 11.1 Å². The Labute approximate surface area is 255 Å². The highest BCUT2D eigenvalue weighted by atomic mass is 16.3. The maximum absolute atomic E-state index is 12.5. The number of likely N-dealkylation sites (tertiary alicyclic amines) is 1. The van der Waals surface area contributed by atoms with Gasteiger partial charge in [0, 0.05) is 36.9 Å². The van der Waals surface area contributed by atoms with Crippen molar-refractivity contribution < 1.29 is 14.7 Å². The van der Waals surface area contributed by atoms with Gasteiger partial charge in [0.2, 0.25) is 12.3 Å². The number of allylic oxidation sites excluding steroid dienone is 1. The smallest absolute Gasteiger partial charge is 0.245 e. The molecule has 2 amide bonds. The molecule has 42 heavy (non-hydrogen) atoms. The van der Waals surface area contributed by atoms with E-state index in [1.807, 2.05) is 89.8 Å². The first kappa shape index (κ1) is 40.7. The Balaban J connectivity index is 0. The number of hydrogen-bond donors (Lipinski definition) is 5. The van der Waals surface area contributed by atoms with Gasteiger partial charge >= 0.3 is 0 Å². The van der Waals surface area contributed by atoms with Crippen LogP contribution in [0.15, 0.2) is 60.7 Å². The van der Waals surface area contributed by atoms with Gasteiger partial charge in [-0.25, -0.2) is 0 Å². The molecule has 1 aliphatic rings. The second-order valence-electron chi connectivity index (χ2n) is 9.26. The Kier molecular flexibility index (Phi) is 24.5. The molecule has 1 aliphatic heterocycles. The molecule has 1 aromatic carbocycles. The third-order valence-electron chi connectivity index (χ3n) is 6.25. The number of carbonyl (C=O) groups is 2. The summed E-state index contributed by atoms with van der Waals surface area (Å²) in [5.74, 6) is 5.73. The van der Waals surface area contributed by atoms with Crippen LogP contribution in [0.4, 0.5) is 0 Å². The predicted molar refractivity (Wildman–Crippen MR) is 176 cm³/mol. The van der Waals surface area contributed by atoms with Gasteiger partial charge in [0.05, 0.1) is 12.6 Å². The van der Waals surface area contributed by atoms with Gasteiger partial charge in [-0.3, -0.25) is 20.4 Å². The summed E-state index contributed by atoms with van der Waals surface area (Å²) in [7, 11) is 0. The van der Waals surface area contributed by atoms with Crippen LogP contribution >= 0.6 is 0 Å². The van der Waals surface area contributed by atoms with Crippen LogP contribution < -0.4 is 21.9 Å². The number of nitrogens with zero attached hydrogens (tertiary/aromatic N) is 2. The Morgan fingerprint density at radius 1 is 1.02 bits per heavy atom. The molecule has 1 fully saturated rings. The summed E-state index contributed by atoms with van der Waals surface area (Å²) in [6.45, 7) is 20.8. The standard InChI is InChI=1S/C14H14N2O2.C13H26N4O.3C2H6/c17-9-14(16-10-18)13-3-1-11(2-4-13)12-5-7-15-8-6-12;1-9(2)12(15-8-10(3)16-14)13(18)17-7-5-6-11(17)4;3*1-2/h1-8,10,14,17H,9H2,(H,16,18);8-9,11-12,15-16H,5-7,14H2,1-4H3;3*1-2H3/b;10-8-;;;. The molecule has 1 aromatic heterocycles. The number of amides is 2. The van der Waals surface area contributed by atoms with E-state index in [1.165, 1.54) is 0 Å². The fourth-order valence-electron chi connectivity index (χ4n) is 4.03. The Hall–Kier alpha value is -3.43. The molecule has 2 heterocycles. The average molecular weight is 587 g/mol. The van der Waals surface area contributed by atoms with Crippen molar-refractivity contribution in [3.63, 3.8) is 0 Å². The molecule has 238 valence electrons. The van der Waals surface area contributed by atoms with E-state index in [1.54, 1.807) is 18.6 Å². The number of nitrogens with one attached hydrogen (secondary N) is 3. The van der Waals surface area contributed by atoms with Crippen molar-refractivity contribution in [3.8, 4) is 11.1 Å². The number of carbonyl (C=O) groups excluding carboxylic acids is 2.